The zero-order valence-corrected chi connectivity index (χ0v) is 12.4. The predicted octanol–water partition coefficient (Wildman–Crippen LogP) is 3.28. The van der Waals surface area contributed by atoms with Crippen molar-refractivity contribution in [1.29, 1.82) is 0 Å². The van der Waals surface area contributed by atoms with Crippen molar-refractivity contribution >= 4 is 0 Å². The summed E-state index contributed by atoms with van der Waals surface area (Å²) in [5.41, 5.74) is 0.437. The van der Waals surface area contributed by atoms with Gasteiger partial charge in [0, 0.05) is 19.1 Å². The highest BCUT2D eigenvalue weighted by atomic mass is 15.2. The van der Waals surface area contributed by atoms with Crippen molar-refractivity contribution in [3.05, 3.63) is 0 Å². The predicted molar refractivity (Wildman–Crippen MR) is 76.4 cm³/mol. The van der Waals surface area contributed by atoms with E-state index in [0.29, 0.717) is 5.41 Å². The van der Waals surface area contributed by atoms with Crippen LogP contribution in [0.25, 0.3) is 0 Å². The minimum Gasteiger partial charge on any atom is -0.319 e. The van der Waals surface area contributed by atoms with Gasteiger partial charge in [0.25, 0.3) is 0 Å². The summed E-state index contributed by atoms with van der Waals surface area (Å²) in [4.78, 5) is 2.77. The largest absolute Gasteiger partial charge is 0.319 e. The molecule has 0 bridgehead atoms. The monoisotopic (exact) mass is 240 g/mol. The molecule has 0 aromatic carbocycles. The van der Waals surface area contributed by atoms with Crippen LogP contribution in [-0.4, -0.2) is 37.6 Å². The number of hydrogen-bond donors (Lipinski definition) is 1. The van der Waals surface area contributed by atoms with Crippen LogP contribution in [0.5, 0.6) is 0 Å². The molecule has 1 heterocycles. The molecular formula is C15H32N2. The molecule has 2 heteroatoms. The van der Waals surface area contributed by atoms with Crippen molar-refractivity contribution in [2.75, 3.05) is 26.7 Å². The molecule has 0 saturated carbocycles. The third kappa shape index (κ3) is 4.59. The molecule has 2 nitrogen and oxygen atoms in total. The van der Waals surface area contributed by atoms with Crippen LogP contribution in [0.1, 0.15) is 59.3 Å². The topological polar surface area (TPSA) is 15.3 Å². The first-order chi connectivity index (χ1) is 8.15. The van der Waals surface area contributed by atoms with Crippen molar-refractivity contribution < 1.29 is 0 Å². The van der Waals surface area contributed by atoms with Gasteiger partial charge in [0.15, 0.2) is 0 Å². The summed E-state index contributed by atoms with van der Waals surface area (Å²) >= 11 is 0. The molecule has 102 valence electrons. The van der Waals surface area contributed by atoms with E-state index in [-0.39, 0.29) is 0 Å². The summed E-state index contributed by atoms with van der Waals surface area (Å²) in [7, 11) is 2.08. The fourth-order valence-electron chi connectivity index (χ4n) is 3.12. The molecular weight excluding hydrogens is 208 g/mol. The first kappa shape index (κ1) is 15.0. The molecule has 0 spiro atoms. The SMILES string of the molecule is CCC1CCCCCN1CC(C)(CC)CNC. The van der Waals surface area contributed by atoms with Gasteiger partial charge in [0.2, 0.25) is 0 Å². The van der Waals surface area contributed by atoms with Gasteiger partial charge in [-0.15, -0.1) is 0 Å². The van der Waals surface area contributed by atoms with Gasteiger partial charge in [-0.1, -0.05) is 33.6 Å². The van der Waals surface area contributed by atoms with E-state index >= 15 is 0 Å². The van der Waals surface area contributed by atoms with Crippen LogP contribution in [0.3, 0.4) is 0 Å². The van der Waals surface area contributed by atoms with E-state index in [0.717, 1.165) is 12.6 Å². The Bertz CT molecular complexity index is 205. The molecule has 2 unspecified atom stereocenters. The lowest BCUT2D eigenvalue weighted by atomic mass is 9.86. The molecule has 1 saturated heterocycles. The Balaban J connectivity index is 2.61. The molecule has 1 fully saturated rings. The summed E-state index contributed by atoms with van der Waals surface area (Å²) in [6, 6.07) is 0.834. The molecule has 1 aliphatic rings. The Morgan fingerprint density at radius 2 is 2.00 bits per heavy atom. The fraction of sp³-hybridized carbons (Fsp3) is 1.00. The molecule has 0 aromatic heterocycles. The average Bonchev–Trinajstić information content (AvgIpc) is 2.54. The summed E-state index contributed by atoms with van der Waals surface area (Å²) in [6.45, 7) is 10.8. The van der Waals surface area contributed by atoms with E-state index in [1.807, 2.05) is 0 Å². The summed E-state index contributed by atoms with van der Waals surface area (Å²) < 4.78 is 0. The van der Waals surface area contributed by atoms with Crippen LogP contribution in [0.4, 0.5) is 0 Å². The van der Waals surface area contributed by atoms with Crippen molar-refractivity contribution in [1.82, 2.24) is 10.2 Å². The first-order valence-electron chi connectivity index (χ1n) is 7.54. The van der Waals surface area contributed by atoms with Gasteiger partial charge in [0.05, 0.1) is 0 Å². The van der Waals surface area contributed by atoms with Crippen molar-refractivity contribution in [2.24, 2.45) is 5.41 Å². The maximum atomic E-state index is 3.37. The van der Waals surface area contributed by atoms with Crippen LogP contribution in [-0.2, 0) is 0 Å². The van der Waals surface area contributed by atoms with Crippen LogP contribution in [0, 0.1) is 5.41 Å². The van der Waals surface area contributed by atoms with E-state index in [2.05, 4.69) is 38.0 Å². The van der Waals surface area contributed by atoms with Gasteiger partial charge < -0.3 is 5.32 Å². The van der Waals surface area contributed by atoms with Crippen molar-refractivity contribution in [3.63, 3.8) is 0 Å². The zero-order chi connectivity index (χ0) is 12.7. The number of rotatable bonds is 6. The Morgan fingerprint density at radius 3 is 2.59 bits per heavy atom. The van der Waals surface area contributed by atoms with Crippen molar-refractivity contribution in [2.45, 2.75) is 65.3 Å². The van der Waals surface area contributed by atoms with Crippen LogP contribution in [0.15, 0.2) is 0 Å². The summed E-state index contributed by atoms with van der Waals surface area (Å²) in [5.74, 6) is 0. The quantitative estimate of drug-likeness (QED) is 0.766. The maximum Gasteiger partial charge on any atom is 0.00928 e. The highest BCUT2D eigenvalue weighted by Gasteiger charge is 2.28. The Morgan fingerprint density at radius 1 is 1.24 bits per heavy atom. The molecule has 17 heavy (non-hydrogen) atoms. The lowest BCUT2D eigenvalue weighted by Crippen LogP contribution is -2.45. The lowest BCUT2D eigenvalue weighted by molar-refractivity contribution is 0.114. The molecule has 0 aromatic rings. The molecule has 1 N–H and O–H groups in total. The van der Waals surface area contributed by atoms with Crippen molar-refractivity contribution in [3.8, 4) is 0 Å². The molecule has 0 aliphatic carbocycles. The van der Waals surface area contributed by atoms with E-state index in [1.165, 1.54) is 51.6 Å². The second-order valence-electron chi connectivity index (χ2n) is 6.08. The highest BCUT2D eigenvalue weighted by molar-refractivity contribution is 4.83. The third-order valence-electron chi connectivity index (χ3n) is 4.51. The molecule has 2 atom stereocenters. The molecule has 0 amide bonds. The molecule has 0 radical (unpaired) electrons. The number of hydrogen-bond acceptors (Lipinski definition) is 2. The first-order valence-corrected chi connectivity index (χ1v) is 7.54. The number of nitrogens with zero attached hydrogens (tertiary/aromatic N) is 1. The Hall–Kier alpha value is -0.0800. The van der Waals surface area contributed by atoms with Gasteiger partial charge in [0.1, 0.15) is 0 Å². The Labute approximate surface area is 108 Å². The van der Waals surface area contributed by atoms with Gasteiger partial charge in [-0.25, -0.2) is 0 Å². The normalized spacial score (nSPS) is 26.5. The number of nitrogens with one attached hydrogen (secondary N) is 1. The fourth-order valence-corrected chi connectivity index (χ4v) is 3.12. The van der Waals surface area contributed by atoms with E-state index < -0.39 is 0 Å². The smallest absolute Gasteiger partial charge is 0.00928 e. The van der Waals surface area contributed by atoms with Gasteiger partial charge in [-0.2, -0.15) is 0 Å². The van der Waals surface area contributed by atoms with E-state index in [9.17, 15) is 0 Å². The molecule has 1 aliphatic heterocycles. The minimum absolute atomic E-state index is 0.437. The highest BCUT2D eigenvalue weighted by Crippen LogP contribution is 2.27. The van der Waals surface area contributed by atoms with E-state index in [4.69, 9.17) is 0 Å². The second-order valence-corrected chi connectivity index (χ2v) is 6.08. The van der Waals surface area contributed by atoms with Gasteiger partial charge >= 0.3 is 0 Å². The average molecular weight is 240 g/mol. The van der Waals surface area contributed by atoms with Gasteiger partial charge in [-0.3, -0.25) is 4.90 Å². The third-order valence-corrected chi connectivity index (χ3v) is 4.51. The summed E-state index contributed by atoms with van der Waals surface area (Å²) in [6.07, 6.45) is 8.26. The summed E-state index contributed by atoms with van der Waals surface area (Å²) in [5, 5.41) is 3.37. The van der Waals surface area contributed by atoms with Crippen LogP contribution in [0.2, 0.25) is 0 Å². The number of likely N-dealkylation sites (tertiary alicyclic amines) is 1. The van der Waals surface area contributed by atoms with Crippen LogP contribution >= 0.6 is 0 Å². The maximum absolute atomic E-state index is 3.37. The van der Waals surface area contributed by atoms with Gasteiger partial charge in [-0.05, 0) is 44.7 Å². The van der Waals surface area contributed by atoms with Crippen LogP contribution < -0.4 is 5.32 Å². The Kier molecular flexibility index (Phi) is 6.50. The van der Waals surface area contributed by atoms with E-state index in [1.54, 1.807) is 0 Å². The standard InChI is InChI=1S/C15H32N2/c1-5-14-10-8-7-9-11-17(14)13-15(3,6-2)12-16-4/h14,16H,5-13H2,1-4H3. The second kappa shape index (κ2) is 7.38. The lowest BCUT2D eigenvalue weighted by Gasteiger charge is -2.38. The zero-order valence-electron chi connectivity index (χ0n) is 12.4. The minimum atomic E-state index is 0.437. The molecule has 1 rings (SSSR count).